The van der Waals surface area contributed by atoms with Crippen LogP contribution >= 0.6 is 23.4 Å². The highest BCUT2D eigenvalue weighted by atomic mass is 35.5. The van der Waals surface area contributed by atoms with E-state index < -0.39 is 0 Å². The molecule has 2 aromatic carbocycles. The Morgan fingerprint density at radius 2 is 1.86 bits per heavy atom. The molecular formula is C18H15ClN2S. The maximum Gasteiger partial charge on any atom is 0.131 e. The molecule has 4 heteroatoms. The lowest BCUT2D eigenvalue weighted by Crippen LogP contribution is -2.24. The standard InChI is InChI=1S/C18H15ClN2S/c19-15-11-18(20-16-7-3-2-6-14(15)16)21-9-10-22-17-8-4-1-5-13(17)12-21/h1-8,11H,9-10,12H2. The highest BCUT2D eigenvalue weighted by molar-refractivity contribution is 7.99. The number of nitrogens with zero attached hydrogens (tertiary/aromatic N) is 2. The first-order chi connectivity index (χ1) is 10.8. The van der Waals surface area contributed by atoms with E-state index in [0.29, 0.717) is 0 Å². The first-order valence-electron chi connectivity index (χ1n) is 7.32. The van der Waals surface area contributed by atoms with Gasteiger partial charge in [-0.25, -0.2) is 4.98 Å². The SMILES string of the molecule is Clc1cc(N2CCSc3ccccc3C2)nc2ccccc12. The summed E-state index contributed by atoms with van der Waals surface area (Å²) in [7, 11) is 0. The molecule has 0 aliphatic carbocycles. The summed E-state index contributed by atoms with van der Waals surface area (Å²) < 4.78 is 0. The molecule has 0 radical (unpaired) electrons. The van der Waals surface area contributed by atoms with Crippen LogP contribution in [-0.4, -0.2) is 17.3 Å². The fourth-order valence-corrected chi connectivity index (χ4v) is 4.08. The number of pyridine rings is 1. The Hall–Kier alpha value is -1.71. The van der Waals surface area contributed by atoms with Crippen molar-refractivity contribution < 1.29 is 0 Å². The number of thioether (sulfide) groups is 1. The lowest BCUT2D eigenvalue weighted by molar-refractivity contribution is 0.821. The van der Waals surface area contributed by atoms with Crippen LogP contribution in [0.1, 0.15) is 5.56 Å². The summed E-state index contributed by atoms with van der Waals surface area (Å²) in [5, 5.41) is 1.78. The molecule has 22 heavy (non-hydrogen) atoms. The number of aromatic nitrogens is 1. The Balaban J connectivity index is 1.75. The van der Waals surface area contributed by atoms with Crippen LogP contribution in [0.5, 0.6) is 0 Å². The van der Waals surface area contributed by atoms with E-state index in [2.05, 4.69) is 29.2 Å². The van der Waals surface area contributed by atoms with Gasteiger partial charge in [0.05, 0.1) is 10.5 Å². The number of benzene rings is 2. The summed E-state index contributed by atoms with van der Waals surface area (Å²) in [6, 6.07) is 18.6. The van der Waals surface area contributed by atoms with E-state index in [1.165, 1.54) is 10.5 Å². The summed E-state index contributed by atoms with van der Waals surface area (Å²) in [6.45, 7) is 1.85. The van der Waals surface area contributed by atoms with Gasteiger partial charge in [0.2, 0.25) is 0 Å². The highest BCUT2D eigenvalue weighted by Crippen LogP contribution is 2.32. The van der Waals surface area contributed by atoms with Gasteiger partial charge >= 0.3 is 0 Å². The quantitative estimate of drug-likeness (QED) is 0.626. The fourth-order valence-electron chi connectivity index (χ4n) is 2.80. The molecule has 0 atom stereocenters. The summed E-state index contributed by atoms with van der Waals surface area (Å²) in [5.74, 6) is 2.02. The van der Waals surface area contributed by atoms with Crippen LogP contribution in [0.15, 0.2) is 59.5 Å². The molecule has 4 rings (SSSR count). The van der Waals surface area contributed by atoms with E-state index in [-0.39, 0.29) is 0 Å². The van der Waals surface area contributed by atoms with Gasteiger partial charge in [-0.15, -0.1) is 11.8 Å². The Kier molecular flexibility index (Phi) is 3.68. The van der Waals surface area contributed by atoms with Gasteiger partial charge in [0, 0.05) is 29.1 Å². The molecule has 0 saturated heterocycles. The predicted molar refractivity (Wildman–Crippen MR) is 95.0 cm³/mol. The Bertz CT molecular complexity index is 834. The van der Waals surface area contributed by atoms with Crippen molar-refractivity contribution in [2.75, 3.05) is 17.2 Å². The fraction of sp³-hybridized carbons (Fsp3) is 0.167. The third kappa shape index (κ3) is 2.55. The van der Waals surface area contributed by atoms with E-state index in [1.54, 1.807) is 0 Å². The van der Waals surface area contributed by atoms with E-state index in [9.17, 15) is 0 Å². The first-order valence-corrected chi connectivity index (χ1v) is 8.68. The third-order valence-electron chi connectivity index (χ3n) is 3.93. The Labute approximate surface area is 139 Å². The molecule has 2 nitrogen and oxygen atoms in total. The summed E-state index contributed by atoms with van der Waals surface area (Å²) >= 11 is 8.36. The Morgan fingerprint density at radius 3 is 2.82 bits per heavy atom. The average Bonchev–Trinajstić information content (AvgIpc) is 2.77. The number of halogens is 1. The van der Waals surface area contributed by atoms with Crippen molar-refractivity contribution in [2.24, 2.45) is 0 Å². The Morgan fingerprint density at radius 1 is 1.05 bits per heavy atom. The van der Waals surface area contributed by atoms with Crippen LogP contribution in [0.25, 0.3) is 10.9 Å². The van der Waals surface area contributed by atoms with Crippen LogP contribution in [0.2, 0.25) is 5.02 Å². The molecule has 110 valence electrons. The minimum absolute atomic E-state index is 0.769. The van der Waals surface area contributed by atoms with Crippen LogP contribution < -0.4 is 4.90 Å². The molecule has 0 bridgehead atoms. The first kappa shape index (κ1) is 13.9. The zero-order valence-corrected chi connectivity index (χ0v) is 13.6. The lowest BCUT2D eigenvalue weighted by Gasteiger charge is -2.22. The van der Waals surface area contributed by atoms with Gasteiger partial charge in [-0.05, 0) is 23.8 Å². The van der Waals surface area contributed by atoms with Gasteiger partial charge in [0.1, 0.15) is 5.82 Å². The van der Waals surface area contributed by atoms with Crippen molar-refractivity contribution in [1.29, 1.82) is 0 Å². The van der Waals surface area contributed by atoms with Crippen molar-refractivity contribution in [3.05, 3.63) is 65.2 Å². The molecule has 0 saturated carbocycles. The predicted octanol–water partition coefficient (Wildman–Crippen LogP) is 5.00. The van der Waals surface area contributed by atoms with Crippen molar-refractivity contribution >= 4 is 40.1 Å². The van der Waals surface area contributed by atoms with Crippen LogP contribution in [0.4, 0.5) is 5.82 Å². The summed E-state index contributed by atoms with van der Waals surface area (Å²) in [5.41, 5.74) is 2.31. The van der Waals surface area contributed by atoms with Crippen molar-refractivity contribution in [2.45, 2.75) is 11.4 Å². The number of para-hydroxylation sites is 1. The van der Waals surface area contributed by atoms with Gasteiger partial charge in [0.15, 0.2) is 0 Å². The molecule has 0 spiro atoms. The van der Waals surface area contributed by atoms with Gasteiger partial charge in [0.25, 0.3) is 0 Å². The van der Waals surface area contributed by atoms with E-state index in [0.717, 1.165) is 40.6 Å². The van der Waals surface area contributed by atoms with Crippen LogP contribution in [0, 0.1) is 0 Å². The second-order valence-corrected chi connectivity index (χ2v) is 6.90. The minimum atomic E-state index is 0.769. The topological polar surface area (TPSA) is 16.1 Å². The van der Waals surface area contributed by atoms with Gasteiger partial charge in [-0.2, -0.15) is 0 Å². The van der Waals surface area contributed by atoms with E-state index >= 15 is 0 Å². The second-order valence-electron chi connectivity index (χ2n) is 5.36. The number of anilines is 1. The van der Waals surface area contributed by atoms with E-state index in [1.807, 2.05) is 42.1 Å². The molecule has 1 aromatic heterocycles. The highest BCUT2D eigenvalue weighted by Gasteiger charge is 2.17. The zero-order valence-electron chi connectivity index (χ0n) is 12.0. The van der Waals surface area contributed by atoms with Crippen LogP contribution in [0.3, 0.4) is 0 Å². The van der Waals surface area contributed by atoms with Crippen molar-refractivity contribution in [1.82, 2.24) is 4.98 Å². The molecule has 0 amide bonds. The summed E-state index contributed by atoms with van der Waals surface area (Å²) in [4.78, 5) is 8.50. The number of hydrogen-bond acceptors (Lipinski definition) is 3. The third-order valence-corrected chi connectivity index (χ3v) is 5.34. The second kappa shape index (κ2) is 5.82. The minimum Gasteiger partial charge on any atom is -0.351 e. The lowest BCUT2D eigenvalue weighted by atomic mass is 10.2. The molecule has 1 aliphatic rings. The normalized spacial score (nSPS) is 14.7. The molecule has 0 fully saturated rings. The van der Waals surface area contributed by atoms with E-state index in [4.69, 9.17) is 16.6 Å². The maximum atomic E-state index is 6.45. The number of hydrogen-bond donors (Lipinski definition) is 0. The number of rotatable bonds is 1. The zero-order chi connectivity index (χ0) is 14.9. The molecule has 0 unspecified atom stereocenters. The monoisotopic (exact) mass is 326 g/mol. The molecular weight excluding hydrogens is 312 g/mol. The molecule has 3 aromatic rings. The van der Waals surface area contributed by atoms with Gasteiger partial charge in [-0.3, -0.25) is 0 Å². The van der Waals surface area contributed by atoms with Crippen LogP contribution in [-0.2, 0) is 6.54 Å². The summed E-state index contributed by atoms with van der Waals surface area (Å²) in [6.07, 6.45) is 0. The molecule has 2 heterocycles. The van der Waals surface area contributed by atoms with Gasteiger partial charge in [-0.1, -0.05) is 48.0 Å². The molecule has 0 N–H and O–H groups in total. The number of fused-ring (bicyclic) bond motifs is 2. The largest absolute Gasteiger partial charge is 0.351 e. The van der Waals surface area contributed by atoms with Crippen molar-refractivity contribution in [3.63, 3.8) is 0 Å². The maximum absolute atomic E-state index is 6.45. The molecule has 1 aliphatic heterocycles. The van der Waals surface area contributed by atoms with Gasteiger partial charge < -0.3 is 4.90 Å². The smallest absolute Gasteiger partial charge is 0.131 e. The average molecular weight is 327 g/mol. The van der Waals surface area contributed by atoms with Crippen molar-refractivity contribution in [3.8, 4) is 0 Å².